The summed E-state index contributed by atoms with van der Waals surface area (Å²) in [6, 6.07) is 8.40. The van der Waals surface area contributed by atoms with Crippen LogP contribution in [0.1, 0.15) is 23.3 Å². The van der Waals surface area contributed by atoms with Gasteiger partial charge in [0.05, 0.1) is 5.52 Å². The van der Waals surface area contributed by atoms with Gasteiger partial charge in [0, 0.05) is 31.6 Å². The summed E-state index contributed by atoms with van der Waals surface area (Å²) in [5.74, 6) is 0.681. The third-order valence-electron chi connectivity index (χ3n) is 4.85. The van der Waals surface area contributed by atoms with Crippen LogP contribution in [-0.2, 0) is 7.05 Å². The minimum absolute atomic E-state index is 0.0722. The van der Waals surface area contributed by atoms with E-state index in [0.717, 1.165) is 30.5 Å². The van der Waals surface area contributed by atoms with E-state index in [4.69, 9.17) is 0 Å². The molecule has 2 fully saturated rings. The van der Waals surface area contributed by atoms with Gasteiger partial charge in [-0.25, -0.2) is 0 Å². The van der Waals surface area contributed by atoms with Crippen molar-refractivity contribution in [2.75, 3.05) is 19.6 Å². The lowest BCUT2D eigenvalue weighted by Gasteiger charge is -2.24. The number of para-hydroxylation sites is 1. The molecular weight excluding hydrogens is 264 g/mol. The SMILES string of the molecule is Cn1nc(C(=O)N2CC3CCCNC3C2)c2ccccc21. The first-order valence-electron chi connectivity index (χ1n) is 7.68. The third kappa shape index (κ3) is 2.03. The van der Waals surface area contributed by atoms with Crippen LogP contribution < -0.4 is 5.32 Å². The number of fused-ring (bicyclic) bond motifs is 2. The highest BCUT2D eigenvalue weighted by atomic mass is 16.2. The summed E-state index contributed by atoms with van der Waals surface area (Å²) in [6.45, 7) is 2.76. The van der Waals surface area contributed by atoms with Gasteiger partial charge in [-0.1, -0.05) is 18.2 Å². The molecule has 1 amide bonds. The standard InChI is InChI=1S/C16H20N4O/c1-19-14-7-3-2-6-12(14)15(18-19)16(21)20-9-11-5-4-8-17-13(11)10-20/h2-3,6-7,11,13,17H,4-5,8-10H2,1H3. The van der Waals surface area contributed by atoms with E-state index < -0.39 is 0 Å². The fourth-order valence-electron chi connectivity index (χ4n) is 3.73. The maximum Gasteiger partial charge on any atom is 0.275 e. The van der Waals surface area contributed by atoms with Crippen molar-refractivity contribution in [3.05, 3.63) is 30.0 Å². The molecule has 21 heavy (non-hydrogen) atoms. The van der Waals surface area contributed by atoms with Crippen LogP contribution in [0.2, 0.25) is 0 Å². The van der Waals surface area contributed by atoms with Crippen molar-refractivity contribution in [1.29, 1.82) is 0 Å². The Morgan fingerprint density at radius 3 is 3.05 bits per heavy atom. The van der Waals surface area contributed by atoms with Crippen LogP contribution in [0.5, 0.6) is 0 Å². The van der Waals surface area contributed by atoms with Gasteiger partial charge in [-0.15, -0.1) is 0 Å². The summed E-state index contributed by atoms with van der Waals surface area (Å²) in [5.41, 5.74) is 1.60. The monoisotopic (exact) mass is 284 g/mol. The van der Waals surface area contributed by atoms with Crippen LogP contribution in [-0.4, -0.2) is 46.3 Å². The van der Waals surface area contributed by atoms with Gasteiger partial charge in [-0.2, -0.15) is 5.10 Å². The number of amides is 1. The van der Waals surface area contributed by atoms with E-state index in [1.807, 2.05) is 36.2 Å². The Morgan fingerprint density at radius 1 is 1.33 bits per heavy atom. The van der Waals surface area contributed by atoms with Crippen molar-refractivity contribution in [1.82, 2.24) is 20.0 Å². The average Bonchev–Trinajstić information content (AvgIpc) is 3.09. The molecule has 5 nitrogen and oxygen atoms in total. The predicted molar refractivity (Wildman–Crippen MR) is 81.1 cm³/mol. The van der Waals surface area contributed by atoms with E-state index in [1.54, 1.807) is 4.68 Å². The Kier molecular flexibility index (Phi) is 2.96. The molecule has 0 aliphatic carbocycles. The molecule has 0 saturated carbocycles. The molecule has 2 saturated heterocycles. The fraction of sp³-hybridized carbons (Fsp3) is 0.500. The number of nitrogens with one attached hydrogen (secondary N) is 1. The van der Waals surface area contributed by atoms with Crippen LogP contribution in [0.15, 0.2) is 24.3 Å². The lowest BCUT2D eigenvalue weighted by molar-refractivity contribution is 0.0781. The molecule has 1 aromatic heterocycles. The molecule has 0 spiro atoms. The van der Waals surface area contributed by atoms with Crippen LogP contribution in [0.25, 0.3) is 10.9 Å². The number of aryl methyl sites for hydroxylation is 1. The highest BCUT2D eigenvalue weighted by Gasteiger charge is 2.37. The Morgan fingerprint density at radius 2 is 2.19 bits per heavy atom. The molecule has 5 heteroatoms. The van der Waals surface area contributed by atoms with Crippen molar-refractivity contribution in [3.63, 3.8) is 0 Å². The number of likely N-dealkylation sites (tertiary alicyclic amines) is 1. The Balaban J connectivity index is 1.65. The fourth-order valence-corrected chi connectivity index (χ4v) is 3.73. The molecule has 2 aliphatic heterocycles. The molecule has 2 aromatic rings. The van der Waals surface area contributed by atoms with Gasteiger partial charge in [0.2, 0.25) is 0 Å². The van der Waals surface area contributed by atoms with Gasteiger partial charge in [0.25, 0.3) is 5.91 Å². The van der Waals surface area contributed by atoms with E-state index >= 15 is 0 Å². The lowest BCUT2D eigenvalue weighted by atomic mass is 9.94. The molecule has 0 bridgehead atoms. The van der Waals surface area contributed by atoms with E-state index in [2.05, 4.69) is 10.4 Å². The molecule has 2 aliphatic rings. The second-order valence-corrected chi connectivity index (χ2v) is 6.16. The van der Waals surface area contributed by atoms with Gasteiger partial charge >= 0.3 is 0 Å². The van der Waals surface area contributed by atoms with E-state index in [9.17, 15) is 4.79 Å². The lowest BCUT2D eigenvalue weighted by Crippen LogP contribution is -2.41. The zero-order valence-electron chi connectivity index (χ0n) is 12.2. The zero-order chi connectivity index (χ0) is 14.4. The van der Waals surface area contributed by atoms with Gasteiger partial charge in [-0.3, -0.25) is 9.48 Å². The summed E-state index contributed by atoms with van der Waals surface area (Å²) >= 11 is 0. The maximum absolute atomic E-state index is 12.8. The number of benzene rings is 1. The predicted octanol–water partition coefficient (Wildman–Crippen LogP) is 1.40. The van der Waals surface area contributed by atoms with Gasteiger partial charge in [0.1, 0.15) is 0 Å². The van der Waals surface area contributed by atoms with Crippen molar-refractivity contribution in [3.8, 4) is 0 Å². The normalized spacial score (nSPS) is 25.3. The Hall–Kier alpha value is -1.88. The average molecular weight is 284 g/mol. The first-order chi connectivity index (χ1) is 10.2. The number of carbonyl (C=O) groups is 1. The molecule has 1 aromatic carbocycles. The number of carbonyl (C=O) groups excluding carboxylic acids is 1. The number of hydrogen-bond acceptors (Lipinski definition) is 3. The van der Waals surface area contributed by atoms with Crippen LogP contribution in [0, 0.1) is 5.92 Å². The van der Waals surface area contributed by atoms with E-state index in [-0.39, 0.29) is 5.91 Å². The first kappa shape index (κ1) is 12.8. The minimum Gasteiger partial charge on any atom is -0.335 e. The van der Waals surface area contributed by atoms with E-state index in [1.165, 1.54) is 12.8 Å². The van der Waals surface area contributed by atoms with Gasteiger partial charge in [0.15, 0.2) is 5.69 Å². The van der Waals surface area contributed by atoms with Gasteiger partial charge < -0.3 is 10.2 Å². The van der Waals surface area contributed by atoms with Gasteiger partial charge in [-0.05, 0) is 31.4 Å². The maximum atomic E-state index is 12.8. The molecule has 2 unspecified atom stereocenters. The van der Waals surface area contributed by atoms with Crippen molar-refractivity contribution in [2.45, 2.75) is 18.9 Å². The number of aromatic nitrogens is 2. The summed E-state index contributed by atoms with van der Waals surface area (Å²) in [4.78, 5) is 14.8. The topological polar surface area (TPSA) is 50.2 Å². The quantitative estimate of drug-likeness (QED) is 0.861. The Bertz CT molecular complexity index is 679. The number of nitrogens with zero attached hydrogens (tertiary/aromatic N) is 3. The smallest absolute Gasteiger partial charge is 0.275 e. The first-order valence-corrected chi connectivity index (χ1v) is 7.68. The van der Waals surface area contributed by atoms with Crippen LogP contribution in [0.3, 0.4) is 0 Å². The molecule has 2 atom stereocenters. The highest BCUT2D eigenvalue weighted by Crippen LogP contribution is 2.27. The second-order valence-electron chi connectivity index (χ2n) is 6.16. The Labute approximate surface area is 123 Å². The number of rotatable bonds is 1. The summed E-state index contributed by atoms with van der Waals surface area (Å²) in [6.07, 6.45) is 2.44. The molecule has 1 N–H and O–H groups in total. The molecule has 3 heterocycles. The number of piperidine rings is 1. The number of hydrogen-bond donors (Lipinski definition) is 1. The second kappa shape index (κ2) is 4.84. The highest BCUT2D eigenvalue weighted by molar-refractivity contribution is 6.04. The summed E-state index contributed by atoms with van der Waals surface area (Å²) in [7, 11) is 1.89. The van der Waals surface area contributed by atoms with Crippen LogP contribution in [0.4, 0.5) is 0 Å². The largest absolute Gasteiger partial charge is 0.335 e. The summed E-state index contributed by atoms with van der Waals surface area (Å²) < 4.78 is 1.80. The molecule has 4 rings (SSSR count). The zero-order valence-corrected chi connectivity index (χ0v) is 12.2. The van der Waals surface area contributed by atoms with Crippen LogP contribution >= 0.6 is 0 Å². The third-order valence-corrected chi connectivity index (χ3v) is 4.85. The van der Waals surface area contributed by atoms with Crippen molar-refractivity contribution in [2.24, 2.45) is 13.0 Å². The van der Waals surface area contributed by atoms with Crippen molar-refractivity contribution >= 4 is 16.8 Å². The molecule has 0 radical (unpaired) electrons. The molecule has 110 valence electrons. The minimum atomic E-state index is 0.0722. The van der Waals surface area contributed by atoms with E-state index in [0.29, 0.717) is 17.7 Å². The molecular formula is C16H20N4O. The summed E-state index contributed by atoms with van der Waals surface area (Å²) in [5, 5.41) is 8.95. The van der Waals surface area contributed by atoms with Crippen molar-refractivity contribution < 1.29 is 4.79 Å².